The summed E-state index contributed by atoms with van der Waals surface area (Å²) in [4.78, 5) is 19.1. The Morgan fingerprint density at radius 2 is 1.76 bits per heavy atom. The van der Waals surface area contributed by atoms with E-state index in [1.165, 1.54) is 50.5 Å². The highest BCUT2D eigenvalue weighted by molar-refractivity contribution is 5.74. The molecule has 0 aromatic carbocycles. The van der Waals surface area contributed by atoms with Crippen molar-refractivity contribution in [2.75, 3.05) is 19.6 Å². The van der Waals surface area contributed by atoms with Gasteiger partial charge in [-0.15, -0.1) is 0 Å². The van der Waals surface area contributed by atoms with Gasteiger partial charge in [0.05, 0.1) is 0 Å². The Balaban J connectivity index is 1.26. The van der Waals surface area contributed by atoms with Crippen LogP contribution in [-0.2, 0) is 6.42 Å². The monoisotopic (exact) mass is 397 g/mol. The van der Waals surface area contributed by atoms with Gasteiger partial charge < -0.3 is 10.2 Å². The van der Waals surface area contributed by atoms with E-state index in [1.54, 1.807) is 0 Å². The van der Waals surface area contributed by atoms with Crippen LogP contribution in [0.25, 0.3) is 0 Å². The topological polar surface area (TPSA) is 45.2 Å². The van der Waals surface area contributed by atoms with Crippen LogP contribution in [0.4, 0.5) is 4.79 Å². The van der Waals surface area contributed by atoms with E-state index >= 15 is 0 Å². The predicted octanol–water partition coefficient (Wildman–Crippen LogP) is 5.29. The van der Waals surface area contributed by atoms with Crippen LogP contribution in [0.3, 0.4) is 0 Å². The molecule has 0 radical (unpaired) electrons. The van der Waals surface area contributed by atoms with Crippen molar-refractivity contribution in [2.24, 2.45) is 29.1 Å². The number of carbonyl (C=O) groups excluding carboxylic acids is 1. The molecule has 4 saturated carbocycles. The molecule has 0 aliphatic heterocycles. The zero-order valence-electron chi connectivity index (χ0n) is 18.4. The molecule has 1 atom stereocenters. The van der Waals surface area contributed by atoms with Gasteiger partial charge in [-0.1, -0.05) is 13.8 Å². The lowest BCUT2D eigenvalue weighted by Crippen LogP contribution is -2.49. The molecule has 0 spiro atoms. The number of carbonyl (C=O) groups is 1. The molecule has 4 heteroatoms. The van der Waals surface area contributed by atoms with Gasteiger partial charge >= 0.3 is 6.03 Å². The second-order valence-electron chi connectivity index (χ2n) is 10.5. The van der Waals surface area contributed by atoms with Crippen molar-refractivity contribution in [1.29, 1.82) is 0 Å². The Morgan fingerprint density at radius 1 is 1.14 bits per heavy atom. The summed E-state index contributed by atoms with van der Waals surface area (Å²) in [6.45, 7) is 6.93. The van der Waals surface area contributed by atoms with Gasteiger partial charge in [-0.3, -0.25) is 4.98 Å². The van der Waals surface area contributed by atoms with Crippen LogP contribution in [0, 0.1) is 29.1 Å². The van der Waals surface area contributed by atoms with Gasteiger partial charge in [0, 0.05) is 32.0 Å². The molecular formula is C25H39N3O. The average molecular weight is 398 g/mol. The molecule has 0 saturated heterocycles. The van der Waals surface area contributed by atoms with Crippen LogP contribution < -0.4 is 5.32 Å². The molecule has 160 valence electrons. The van der Waals surface area contributed by atoms with Gasteiger partial charge in [0.25, 0.3) is 0 Å². The van der Waals surface area contributed by atoms with E-state index in [4.69, 9.17) is 0 Å². The van der Waals surface area contributed by atoms with E-state index in [2.05, 4.69) is 41.2 Å². The van der Waals surface area contributed by atoms with Crippen molar-refractivity contribution in [3.63, 3.8) is 0 Å². The third-order valence-corrected chi connectivity index (χ3v) is 7.79. The zero-order chi connectivity index (χ0) is 20.3. The highest BCUT2D eigenvalue weighted by Crippen LogP contribution is 2.61. The number of pyridine rings is 1. The van der Waals surface area contributed by atoms with Gasteiger partial charge in [0.15, 0.2) is 0 Å². The molecule has 1 aromatic rings. The number of rotatable bonds is 9. The Bertz CT molecular complexity index is 639. The minimum absolute atomic E-state index is 0.137. The summed E-state index contributed by atoms with van der Waals surface area (Å²) in [5.41, 5.74) is 1.84. The molecule has 1 aromatic heterocycles. The standard InChI is InChI=1S/C25H39N3O/c1-3-9-28(24(29)27-18-19(2)11-20-4-7-26-8-5-20)10-6-25-15-21-12-22(16-25)14-23(13-21)17-25/h4-5,7-8,19,21-23H,3,6,9-18H2,1-2H3,(H,27,29). The number of urea groups is 1. The summed E-state index contributed by atoms with van der Waals surface area (Å²) in [6, 6.07) is 4.26. The molecule has 4 nitrogen and oxygen atoms in total. The summed E-state index contributed by atoms with van der Waals surface area (Å²) in [5, 5.41) is 3.22. The number of nitrogens with one attached hydrogen (secondary N) is 1. The Morgan fingerprint density at radius 3 is 2.34 bits per heavy atom. The Labute approximate surface area is 176 Å². The first kappa shape index (κ1) is 20.7. The van der Waals surface area contributed by atoms with Crippen molar-refractivity contribution >= 4 is 6.03 Å². The fraction of sp³-hybridized carbons (Fsp3) is 0.760. The fourth-order valence-electron chi connectivity index (χ4n) is 6.92. The van der Waals surface area contributed by atoms with E-state index in [0.717, 1.165) is 50.2 Å². The summed E-state index contributed by atoms with van der Waals surface area (Å²) in [6.07, 6.45) is 15.7. The maximum Gasteiger partial charge on any atom is 0.317 e. The van der Waals surface area contributed by atoms with E-state index in [-0.39, 0.29) is 6.03 Å². The summed E-state index contributed by atoms with van der Waals surface area (Å²) in [5.74, 6) is 3.39. The van der Waals surface area contributed by atoms with Gasteiger partial charge in [-0.25, -0.2) is 4.79 Å². The smallest absolute Gasteiger partial charge is 0.317 e. The van der Waals surface area contributed by atoms with Crippen LogP contribution in [0.5, 0.6) is 0 Å². The van der Waals surface area contributed by atoms with Crippen LogP contribution in [0.15, 0.2) is 24.5 Å². The number of nitrogens with zero attached hydrogens (tertiary/aromatic N) is 2. The summed E-state index contributed by atoms with van der Waals surface area (Å²) < 4.78 is 0. The van der Waals surface area contributed by atoms with Crippen molar-refractivity contribution < 1.29 is 4.79 Å². The molecule has 29 heavy (non-hydrogen) atoms. The SMILES string of the molecule is CCCN(CCC12CC3CC(CC(C3)C1)C2)C(=O)NCC(C)Cc1ccncc1. The first-order valence-corrected chi connectivity index (χ1v) is 12.0. The second kappa shape index (κ2) is 9.06. The van der Waals surface area contributed by atoms with Crippen LogP contribution >= 0.6 is 0 Å². The highest BCUT2D eigenvalue weighted by Gasteiger charge is 2.50. The largest absolute Gasteiger partial charge is 0.338 e. The fourth-order valence-corrected chi connectivity index (χ4v) is 6.92. The van der Waals surface area contributed by atoms with E-state index < -0.39 is 0 Å². The molecule has 4 aliphatic rings. The quantitative estimate of drug-likeness (QED) is 0.615. The Kier molecular flexibility index (Phi) is 6.46. The molecular weight excluding hydrogens is 358 g/mol. The minimum atomic E-state index is 0.137. The van der Waals surface area contributed by atoms with E-state index in [9.17, 15) is 4.79 Å². The molecule has 1 unspecified atom stereocenters. The maximum atomic E-state index is 12.9. The first-order chi connectivity index (χ1) is 14.0. The van der Waals surface area contributed by atoms with Crippen molar-refractivity contribution in [1.82, 2.24) is 15.2 Å². The Hall–Kier alpha value is -1.58. The number of aromatic nitrogens is 1. The number of hydrogen-bond donors (Lipinski definition) is 1. The lowest BCUT2D eigenvalue weighted by molar-refractivity contribution is -0.0596. The normalized spacial score (nSPS) is 30.9. The molecule has 4 fully saturated rings. The number of hydrogen-bond acceptors (Lipinski definition) is 2. The molecule has 4 aliphatic carbocycles. The highest BCUT2D eigenvalue weighted by atomic mass is 16.2. The lowest BCUT2D eigenvalue weighted by atomic mass is 9.49. The lowest BCUT2D eigenvalue weighted by Gasteiger charge is -2.57. The van der Waals surface area contributed by atoms with Crippen molar-refractivity contribution in [3.8, 4) is 0 Å². The third-order valence-electron chi connectivity index (χ3n) is 7.79. The zero-order valence-corrected chi connectivity index (χ0v) is 18.4. The van der Waals surface area contributed by atoms with E-state index in [0.29, 0.717) is 11.3 Å². The predicted molar refractivity (Wildman–Crippen MR) is 118 cm³/mol. The van der Waals surface area contributed by atoms with E-state index in [1.807, 2.05) is 12.4 Å². The molecule has 4 bridgehead atoms. The average Bonchev–Trinajstić information content (AvgIpc) is 2.69. The van der Waals surface area contributed by atoms with Crippen LogP contribution in [-0.4, -0.2) is 35.5 Å². The maximum absolute atomic E-state index is 12.9. The number of amides is 2. The summed E-state index contributed by atoms with van der Waals surface area (Å²) in [7, 11) is 0. The molecule has 1 heterocycles. The van der Waals surface area contributed by atoms with Gasteiger partial charge in [-0.05, 0) is 105 Å². The third kappa shape index (κ3) is 5.13. The molecule has 5 rings (SSSR count). The van der Waals surface area contributed by atoms with Crippen LogP contribution in [0.1, 0.15) is 70.8 Å². The molecule has 1 N–H and O–H groups in total. The van der Waals surface area contributed by atoms with Crippen LogP contribution in [0.2, 0.25) is 0 Å². The van der Waals surface area contributed by atoms with Gasteiger partial charge in [0.2, 0.25) is 0 Å². The van der Waals surface area contributed by atoms with Gasteiger partial charge in [0.1, 0.15) is 0 Å². The summed E-state index contributed by atoms with van der Waals surface area (Å²) >= 11 is 0. The minimum Gasteiger partial charge on any atom is -0.338 e. The van der Waals surface area contributed by atoms with Crippen molar-refractivity contribution in [3.05, 3.63) is 30.1 Å². The van der Waals surface area contributed by atoms with Gasteiger partial charge in [-0.2, -0.15) is 0 Å². The second-order valence-corrected chi connectivity index (χ2v) is 10.5. The molecule has 2 amide bonds. The van der Waals surface area contributed by atoms with Crippen molar-refractivity contribution in [2.45, 2.75) is 71.6 Å². The first-order valence-electron chi connectivity index (χ1n) is 12.0.